The van der Waals surface area contributed by atoms with Gasteiger partial charge in [-0.2, -0.15) is 0 Å². The standard InChI is InChI=1S/C12H15ClN4O/c13-11-10-12(15-6-14-11)17(7-16-10)9(18)5-4-8-2-1-3-8/h6-9,18H,1-5H2/t9-/m1/s1. The van der Waals surface area contributed by atoms with E-state index >= 15 is 0 Å². The van der Waals surface area contributed by atoms with Gasteiger partial charge >= 0.3 is 0 Å². The van der Waals surface area contributed by atoms with Crippen LogP contribution in [0.1, 0.15) is 38.3 Å². The van der Waals surface area contributed by atoms with E-state index in [1.165, 1.54) is 25.6 Å². The molecule has 1 atom stereocenters. The Kier molecular flexibility index (Phi) is 3.18. The first kappa shape index (κ1) is 11.9. The van der Waals surface area contributed by atoms with Crippen LogP contribution in [0.15, 0.2) is 12.7 Å². The Balaban J connectivity index is 1.78. The van der Waals surface area contributed by atoms with Crippen molar-refractivity contribution in [1.29, 1.82) is 0 Å². The van der Waals surface area contributed by atoms with Crippen LogP contribution in [-0.2, 0) is 0 Å². The van der Waals surface area contributed by atoms with Crippen LogP contribution in [0.2, 0.25) is 5.15 Å². The molecule has 2 aromatic rings. The molecule has 1 fully saturated rings. The summed E-state index contributed by atoms with van der Waals surface area (Å²) >= 11 is 5.93. The van der Waals surface area contributed by atoms with Crippen molar-refractivity contribution >= 4 is 22.8 Å². The van der Waals surface area contributed by atoms with Gasteiger partial charge in [0.2, 0.25) is 0 Å². The fourth-order valence-corrected chi connectivity index (χ4v) is 2.52. The molecule has 0 bridgehead atoms. The number of hydrogen-bond donors (Lipinski definition) is 1. The van der Waals surface area contributed by atoms with Crippen LogP contribution in [0, 0.1) is 5.92 Å². The average Bonchev–Trinajstić information content (AvgIpc) is 2.72. The Morgan fingerprint density at radius 3 is 2.94 bits per heavy atom. The van der Waals surface area contributed by atoms with Crippen LogP contribution in [0.5, 0.6) is 0 Å². The second kappa shape index (κ2) is 4.82. The van der Waals surface area contributed by atoms with Crippen LogP contribution in [0.4, 0.5) is 0 Å². The lowest BCUT2D eigenvalue weighted by Crippen LogP contribution is -2.14. The van der Waals surface area contributed by atoms with Gasteiger partial charge in [0.05, 0.1) is 6.33 Å². The van der Waals surface area contributed by atoms with Gasteiger partial charge in [-0.3, -0.25) is 4.57 Å². The molecule has 3 rings (SSSR count). The summed E-state index contributed by atoms with van der Waals surface area (Å²) in [5, 5.41) is 10.5. The molecule has 2 heterocycles. The third-order valence-electron chi connectivity index (χ3n) is 3.69. The number of halogens is 1. The number of aliphatic hydroxyl groups is 1. The highest BCUT2D eigenvalue weighted by atomic mass is 35.5. The molecule has 0 saturated heterocycles. The molecule has 1 N–H and O–H groups in total. The van der Waals surface area contributed by atoms with Gasteiger partial charge in [-0.1, -0.05) is 30.9 Å². The SMILES string of the molecule is O[C@H](CCC1CCC1)n1cnc2c(Cl)ncnc21. The quantitative estimate of drug-likeness (QED) is 0.864. The first-order valence-electron chi connectivity index (χ1n) is 6.27. The molecule has 5 nitrogen and oxygen atoms in total. The summed E-state index contributed by atoms with van der Waals surface area (Å²) < 4.78 is 1.67. The van der Waals surface area contributed by atoms with Crippen molar-refractivity contribution in [3.8, 4) is 0 Å². The Morgan fingerprint density at radius 1 is 1.39 bits per heavy atom. The normalized spacial score (nSPS) is 17.9. The van der Waals surface area contributed by atoms with Gasteiger partial charge in [-0.05, 0) is 18.8 Å². The van der Waals surface area contributed by atoms with Crippen molar-refractivity contribution in [3.05, 3.63) is 17.8 Å². The molecule has 0 aromatic carbocycles. The Bertz CT molecular complexity index is 552. The fourth-order valence-electron chi connectivity index (χ4n) is 2.35. The minimum absolute atomic E-state index is 0.324. The summed E-state index contributed by atoms with van der Waals surface area (Å²) in [6, 6.07) is 0. The smallest absolute Gasteiger partial charge is 0.166 e. The molecule has 2 aromatic heterocycles. The monoisotopic (exact) mass is 266 g/mol. The van der Waals surface area contributed by atoms with E-state index in [9.17, 15) is 5.11 Å². The molecule has 96 valence electrons. The van der Waals surface area contributed by atoms with E-state index < -0.39 is 6.23 Å². The van der Waals surface area contributed by atoms with Gasteiger partial charge in [0, 0.05) is 0 Å². The van der Waals surface area contributed by atoms with E-state index in [1.54, 1.807) is 10.9 Å². The molecular formula is C12H15ClN4O. The summed E-state index contributed by atoms with van der Waals surface area (Å²) in [4.78, 5) is 12.1. The van der Waals surface area contributed by atoms with E-state index in [-0.39, 0.29) is 0 Å². The predicted octanol–water partition coefficient (Wildman–Crippen LogP) is 2.55. The predicted molar refractivity (Wildman–Crippen MR) is 68.2 cm³/mol. The zero-order chi connectivity index (χ0) is 12.5. The van der Waals surface area contributed by atoms with E-state index in [1.807, 2.05) is 0 Å². The molecule has 1 aliphatic rings. The summed E-state index contributed by atoms with van der Waals surface area (Å²) in [6.07, 6.45) is 8.10. The van der Waals surface area contributed by atoms with Crippen LogP contribution in [-0.4, -0.2) is 24.6 Å². The Labute approximate surface area is 110 Å². The largest absolute Gasteiger partial charge is 0.373 e. The molecule has 0 aliphatic heterocycles. The molecule has 0 unspecified atom stereocenters. The number of nitrogens with zero attached hydrogens (tertiary/aromatic N) is 4. The number of imidazole rings is 1. The maximum atomic E-state index is 10.2. The Morgan fingerprint density at radius 2 is 2.22 bits per heavy atom. The lowest BCUT2D eigenvalue weighted by molar-refractivity contribution is 0.0836. The summed E-state index contributed by atoms with van der Waals surface area (Å²) in [5.74, 6) is 0.785. The molecule has 0 radical (unpaired) electrons. The zero-order valence-corrected chi connectivity index (χ0v) is 10.7. The molecule has 0 amide bonds. The molecular weight excluding hydrogens is 252 g/mol. The van der Waals surface area contributed by atoms with Crippen molar-refractivity contribution < 1.29 is 5.11 Å². The number of aliphatic hydroxyl groups excluding tert-OH is 1. The average molecular weight is 267 g/mol. The van der Waals surface area contributed by atoms with E-state index in [0.29, 0.717) is 16.3 Å². The third kappa shape index (κ3) is 2.08. The molecule has 0 spiro atoms. The number of rotatable bonds is 4. The highest BCUT2D eigenvalue weighted by Gasteiger charge is 2.20. The van der Waals surface area contributed by atoms with Crippen molar-refractivity contribution in [3.63, 3.8) is 0 Å². The van der Waals surface area contributed by atoms with Crippen LogP contribution in [0.25, 0.3) is 11.2 Å². The fraction of sp³-hybridized carbons (Fsp3) is 0.583. The first-order chi connectivity index (χ1) is 8.75. The highest BCUT2D eigenvalue weighted by molar-refractivity contribution is 6.33. The number of aromatic nitrogens is 4. The Hall–Kier alpha value is -1.20. The van der Waals surface area contributed by atoms with Crippen molar-refractivity contribution in [1.82, 2.24) is 19.5 Å². The lowest BCUT2D eigenvalue weighted by Gasteiger charge is -2.26. The van der Waals surface area contributed by atoms with E-state index in [2.05, 4.69) is 15.0 Å². The second-order valence-electron chi connectivity index (χ2n) is 4.84. The van der Waals surface area contributed by atoms with Gasteiger partial charge in [0.1, 0.15) is 18.1 Å². The van der Waals surface area contributed by atoms with Gasteiger partial charge < -0.3 is 5.11 Å². The van der Waals surface area contributed by atoms with E-state index in [0.717, 1.165) is 18.8 Å². The topological polar surface area (TPSA) is 63.8 Å². The van der Waals surface area contributed by atoms with Crippen molar-refractivity contribution in [2.24, 2.45) is 5.92 Å². The maximum absolute atomic E-state index is 10.2. The van der Waals surface area contributed by atoms with Crippen molar-refractivity contribution in [2.75, 3.05) is 0 Å². The second-order valence-corrected chi connectivity index (χ2v) is 5.20. The third-order valence-corrected chi connectivity index (χ3v) is 3.97. The first-order valence-corrected chi connectivity index (χ1v) is 6.64. The van der Waals surface area contributed by atoms with Gasteiger partial charge in [-0.25, -0.2) is 15.0 Å². The minimum atomic E-state index is -0.582. The van der Waals surface area contributed by atoms with Gasteiger partial charge in [0.25, 0.3) is 0 Å². The highest BCUT2D eigenvalue weighted by Crippen LogP contribution is 2.32. The summed E-state index contributed by atoms with van der Waals surface area (Å²) in [5.41, 5.74) is 1.14. The number of fused-ring (bicyclic) bond motifs is 1. The maximum Gasteiger partial charge on any atom is 0.166 e. The molecule has 18 heavy (non-hydrogen) atoms. The van der Waals surface area contributed by atoms with Crippen LogP contribution in [0.3, 0.4) is 0 Å². The van der Waals surface area contributed by atoms with Crippen LogP contribution < -0.4 is 0 Å². The summed E-state index contributed by atoms with van der Waals surface area (Å²) in [6.45, 7) is 0. The number of hydrogen-bond acceptors (Lipinski definition) is 4. The van der Waals surface area contributed by atoms with Crippen LogP contribution >= 0.6 is 11.6 Å². The van der Waals surface area contributed by atoms with E-state index in [4.69, 9.17) is 11.6 Å². The van der Waals surface area contributed by atoms with Gasteiger partial charge in [-0.15, -0.1) is 0 Å². The molecule has 1 saturated carbocycles. The summed E-state index contributed by atoms with van der Waals surface area (Å²) in [7, 11) is 0. The van der Waals surface area contributed by atoms with Crippen molar-refractivity contribution in [2.45, 2.75) is 38.3 Å². The molecule has 6 heteroatoms. The van der Waals surface area contributed by atoms with Gasteiger partial charge in [0.15, 0.2) is 10.8 Å². The minimum Gasteiger partial charge on any atom is -0.373 e. The lowest BCUT2D eigenvalue weighted by atomic mass is 9.82. The molecule has 1 aliphatic carbocycles. The zero-order valence-electron chi connectivity index (χ0n) is 9.96.